The summed E-state index contributed by atoms with van der Waals surface area (Å²) in [5.41, 5.74) is -0.174. The second-order valence-corrected chi connectivity index (χ2v) is 7.14. The second-order valence-electron chi connectivity index (χ2n) is 5.21. The van der Waals surface area contributed by atoms with E-state index in [1.807, 2.05) is 0 Å². The van der Waals surface area contributed by atoms with Crippen molar-refractivity contribution >= 4 is 21.7 Å². The van der Waals surface area contributed by atoms with Gasteiger partial charge in [-0.3, -0.25) is 14.9 Å². The first-order valence-corrected chi connectivity index (χ1v) is 8.71. The summed E-state index contributed by atoms with van der Waals surface area (Å²) in [5, 5.41) is 10.6. The number of carbonyl (C=O) groups excluding carboxylic acids is 1. The molecule has 0 N–H and O–H groups in total. The average molecular weight is 342 g/mol. The van der Waals surface area contributed by atoms with Gasteiger partial charge < -0.3 is 4.74 Å². The Morgan fingerprint density at radius 1 is 1.39 bits per heavy atom. The quantitative estimate of drug-likeness (QED) is 0.456. The molecule has 0 amide bonds. The molecule has 0 radical (unpaired) electrons. The zero-order valence-electron chi connectivity index (χ0n) is 12.7. The van der Waals surface area contributed by atoms with Crippen LogP contribution in [0.25, 0.3) is 0 Å². The highest BCUT2D eigenvalue weighted by molar-refractivity contribution is 7.89. The van der Waals surface area contributed by atoms with Crippen molar-refractivity contribution in [3.05, 3.63) is 34.4 Å². The van der Waals surface area contributed by atoms with E-state index in [-0.39, 0.29) is 23.7 Å². The van der Waals surface area contributed by atoms with E-state index in [1.54, 1.807) is 6.92 Å². The van der Waals surface area contributed by atoms with Gasteiger partial charge in [-0.15, -0.1) is 0 Å². The van der Waals surface area contributed by atoms with Crippen LogP contribution in [-0.4, -0.2) is 43.3 Å². The lowest BCUT2D eigenvalue weighted by atomic mass is 10.0. The maximum absolute atomic E-state index is 12.6. The van der Waals surface area contributed by atoms with E-state index in [9.17, 15) is 23.3 Å². The zero-order valence-corrected chi connectivity index (χ0v) is 13.5. The van der Waals surface area contributed by atoms with Crippen molar-refractivity contribution in [2.75, 3.05) is 19.7 Å². The van der Waals surface area contributed by atoms with Crippen molar-refractivity contribution in [1.29, 1.82) is 0 Å². The zero-order chi connectivity index (χ0) is 17.0. The summed E-state index contributed by atoms with van der Waals surface area (Å²) >= 11 is 0. The fraction of sp³-hybridized carbons (Fsp3) is 0.500. The molecule has 0 aliphatic carbocycles. The first-order chi connectivity index (χ1) is 10.9. The number of hydrogen-bond acceptors (Lipinski definition) is 6. The molecular weight excluding hydrogens is 324 g/mol. The van der Waals surface area contributed by atoms with Gasteiger partial charge in [0, 0.05) is 25.2 Å². The Bertz CT molecular complexity index is 686. The second kappa shape index (κ2) is 7.05. The number of rotatable bonds is 5. The van der Waals surface area contributed by atoms with Crippen LogP contribution in [0.4, 0.5) is 5.69 Å². The predicted molar refractivity (Wildman–Crippen MR) is 81.2 cm³/mol. The van der Waals surface area contributed by atoms with Gasteiger partial charge in [-0.05, 0) is 31.9 Å². The van der Waals surface area contributed by atoms with E-state index in [4.69, 9.17) is 4.74 Å². The van der Waals surface area contributed by atoms with Crippen LogP contribution in [0, 0.1) is 16.0 Å². The largest absolute Gasteiger partial charge is 0.466 e. The molecule has 8 nitrogen and oxygen atoms in total. The maximum atomic E-state index is 12.6. The molecule has 1 fully saturated rings. The van der Waals surface area contributed by atoms with Crippen molar-refractivity contribution in [3.63, 3.8) is 0 Å². The summed E-state index contributed by atoms with van der Waals surface area (Å²) < 4.78 is 31.4. The van der Waals surface area contributed by atoms with E-state index in [0.717, 1.165) is 12.1 Å². The Morgan fingerprint density at radius 2 is 2.04 bits per heavy atom. The van der Waals surface area contributed by atoms with Gasteiger partial charge in [-0.2, -0.15) is 4.31 Å². The molecule has 1 aromatic rings. The third-order valence-corrected chi connectivity index (χ3v) is 5.57. The molecule has 0 bridgehead atoms. The molecule has 1 saturated heterocycles. The van der Waals surface area contributed by atoms with Gasteiger partial charge >= 0.3 is 5.97 Å². The fourth-order valence-corrected chi connectivity index (χ4v) is 4.03. The van der Waals surface area contributed by atoms with Crippen molar-refractivity contribution < 1.29 is 22.9 Å². The average Bonchev–Trinajstić information content (AvgIpc) is 2.55. The number of piperidine rings is 1. The Morgan fingerprint density at radius 3 is 2.61 bits per heavy atom. The molecule has 0 saturated carbocycles. The predicted octanol–water partition coefficient (Wildman–Crippen LogP) is 1.56. The van der Waals surface area contributed by atoms with Crippen molar-refractivity contribution in [1.82, 2.24) is 4.31 Å². The number of esters is 1. The molecule has 9 heteroatoms. The first kappa shape index (κ1) is 17.4. The number of sulfonamides is 1. The smallest absolute Gasteiger partial charge is 0.310 e. The van der Waals surface area contributed by atoms with Crippen LogP contribution in [0.3, 0.4) is 0 Å². The summed E-state index contributed by atoms with van der Waals surface area (Å²) in [4.78, 5) is 21.8. The minimum Gasteiger partial charge on any atom is -0.466 e. The molecule has 1 atom stereocenters. The molecule has 1 aliphatic heterocycles. The third kappa shape index (κ3) is 3.85. The lowest BCUT2D eigenvalue weighted by Crippen LogP contribution is -2.42. The Kier molecular flexibility index (Phi) is 5.32. The van der Waals surface area contributed by atoms with Crippen molar-refractivity contribution in [3.8, 4) is 0 Å². The highest BCUT2D eigenvalue weighted by Crippen LogP contribution is 2.25. The number of ether oxygens (including phenoxy) is 1. The molecule has 1 aromatic carbocycles. The highest BCUT2D eigenvalue weighted by Gasteiger charge is 2.34. The Balaban J connectivity index is 2.18. The number of hydrogen-bond donors (Lipinski definition) is 0. The molecule has 2 rings (SSSR count). The number of nitro groups is 1. The van der Waals surface area contributed by atoms with Gasteiger partial charge in [0.2, 0.25) is 10.0 Å². The topological polar surface area (TPSA) is 107 Å². The summed E-state index contributed by atoms with van der Waals surface area (Å²) in [6.45, 7) is 2.34. The normalized spacial score (nSPS) is 19.3. The summed E-state index contributed by atoms with van der Waals surface area (Å²) in [5.74, 6) is -0.868. The van der Waals surface area contributed by atoms with E-state index < -0.39 is 26.8 Å². The van der Waals surface area contributed by atoms with Gasteiger partial charge in [0.15, 0.2) is 0 Å². The molecule has 0 aromatic heterocycles. The molecule has 126 valence electrons. The number of benzene rings is 1. The summed E-state index contributed by atoms with van der Waals surface area (Å²) in [7, 11) is -3.78. The lowest BCUT2D eigenvalue weighted by molar-refractivity contribution is -0.384. The number of nitrogens with zero attached hydrogens (tertiary/aromatic N) is 2. The summed E-state index contributed by atoms with van der Waals surface area (Å²) in [6.07, 6.45) is 1.15. The first-order valence-electron chi connectivity index (χ1n) is 7.27. The molecule has 0 spiro atoms. The van der Waals surface area contributed by atoms with Crippen molar-refractivity contribution in [2.45, 2.75) is 24.7 Å². The molecule has 1 heterocycles. The monoisotopic (exact) mass is 342 g/mol. The molecule has 1 aliphatic rings. The van der Waals surface area contributed by atoms with Crippen LogP contribution in [0.5, 0.6) is 0 Å². The van der Waals surface area contributed by atoms with Crippen molar-refractivity contribution in [2.24, 2.45) is 5.92 Å². The van der Waals surface area contributed by atoms with Crippen LogP contribution >= 0.6 is 0 Å². The van der Waals surface area contributed by atoms with Gasteiger partial charge in [0.05, 0.1) is 22.3 Å². The number of non-ortho nitro benzene ring substituents is 1. The number of carbonyl (C=O) groups is 1. The molecular formula is C14H18N2O6S. The van der Waals surface area contributed by atoms with E-state index >= 15 is 0 Å². The third-order valence-electron chi connectivity index (χ3n) is 3.69. The SMILES string of the molecule is CCOC(=O)[C@@H]1CCCN(S(=O)(=O)c2ccc([N+](=O)[O-])cc2)C1. The molecule has 0 unspecified atom stereocenters. The Labute approximate surface area is 134 Å². The van der Waals surface area contributed by atoms with Crippen LogP contribution in [0.15, 0.2) is 29.2 Å². The fourth-order valence-electron chi connectivity index (χ4n) is 2.50. The van der Waals surface area contributed by atoms with Gasteiger partial charge in [0.25, 0.3) is 5.69 Å². The highest BCUT2D eigenvalue weighted by atomic mass is 32.2. The lowest BCUT2D eigenvalue weighted by Gasteiger charge is -2.30. The van der Waals surface area contributed by atoms with Gasteiger partial charge in [-0.25, -0.2) is 8.42 Å². The number of nitro benzene ring substituents is 1. The Hall–Kier alpha value is -2.00. The maximum Gasteiger partial charge on any atom is 0.310 e. The van der Waals surface area contributed by atoms with Crippen LogP contribution in [0.2, 0.25) is 0 Å². The molecule has 23 heavy (non-hydrogen) atoms. The van der Waals surface area contributed by atoms with Crippen LogP contribution < -0.4 is 0 Å². The van der Waals surface area contributed by atoms with Crippen LogP contribution in [0.1, 0.15) is 19.8 Å². The minimum atomic E-state index is -3.78. The van der Waals surface area contributed by atoms with Gasteiger partial charge in [0.1, 0.15) is 0 Å². The van der Waals surface area contributed by atoms with E-state index in [2.05, 4.69) is 0 Å². The summed E-state index contributed by atoms with van der Waals surface area (Å²) in [6, 6.07) is 4.72. The van der Waals surface area contributed by atoms with E-state index in [1.165, 1.54) is 16.4 Å². The van der Waals surface area contributed by atoms with Gasteiger partial charge in [-0.1, -0.05) is 0 Å². The standard InChI is InChI=1S/C14H18N2O6S/c1-2-22-14(17)11-4-3-9-15(10-11)23(20,21)13-7-5-12(6-8-13)16(18)19/h5-8,11H,2-4,9-10H2,1H3/t11-/m1/s1. The van der Waals surface area contributed by atoms with E-state index in [0.29, 0.717) is 19.4 Å². The minimum absolute atomic E-state index is 0.0207. The van der Waals surface area contributed by atoms with Crippen LogP contribution in [-0.2, 0) is 19.6 Å².